The van der Waals surface area contributed by atoms with Gasteiger partial charge in [0.15, 0.2) is 17.6 Å². The molecule has 136 valence electrons. The number of aromatic nitrogens is 2. The quantitative estimate of drug-likeness (QED) is 0.767. The van der Waals surface area contributed by atoms with E-state index < -0.39 is 27.8 Å². The lowest BCUT2D eigenvalue weighted by Crippen LogP contribution is -2.53. The van der Waals surface area contributed by atoms with Crippen LogP contribution >= 0.6 is 11.6 Å². The number of Topliss-reactive ketones (excluding diaryl/α,β-unsaturated/α-hetero) is 1. The zero-order chi connectivity index (χ0) is 19.1. The number of likely N-dealkylation sites (N-methyl/N-ethyl adjacent to an activating group) is 1. The summed E-state index contributed by atoms with van der Waals surface area (Å²) in [5, 5.41) is 2.39. The van der Waals surface area contributed by atoms with Crippen LogP contribution in [0.2, 0.25) is 5.15 Å². The van der Waals surface area contributed by atoms with Gasteiger partial charge in [-0.1, -0.05) is 11.6 Å². The second-order valence-corrected chi connectivity index (χ2v) is 7.72. The molecule has 1 amide bonds. The Kier molecular flexibility index (Phi) is 4.65. The third-order valence-electron chi connectivity index (χ3n) is 3.83. The number of ether oxygens (including phenoxy) is 1. The first-order valence-corrected chi connectivity index (χ1v) is 9.06. The molecule has 0 bridgehead atoms. The normalized spacial score (nSPS) is 18.9. The largest absolute Gasteiger partial charge is 0.497 e. The summed E-state index contributed by atoms with van der Waals surface area (Å²) in [7, 11) is -1.49. The number of amides is 1. The van der Waals surface area contributed by atoms with Gasteiger partial charge in [0, 0.05) is 12.6 Å². The summed E-state index contributed by atoms with van der Waals surface area (Å²) in [6.45, 7) is 0. The minimum absolute atomic E-state index is 0.00228. The highest BCUT2D eigenvalue weighted by Gasteiger charge is 2.45. The van der Waals surface area contributed by atoms with E-state index in [4.69, 9.17) is 16.3 Å². The van der Waals surface area contributed by atoms with E-state index in [1.54, 1.807) is 0 Å². The Balaban J connectivity index is 2.02. The SMILES string of the molecule is COc1ccc2c(c1)C(=O)C(C(=O)Nc1cncc(Cl)n1)N(C)S2(=O)=O. The lowest BCUT2D eigenvalue weighted by atomic mass is 10.0. The highest BCUT2D eigenvalue weighted by atomic mass is 35.5. The fourth-order valence-electron chi connectivity index (χ4n) is 2.54. The van der Waals surface area contributed by atoms with Crippen molar-refractivity contribution in [1.29, 1.82) is 0 Å². The zero-order valence-electron chi connectivity index (χ0n) is 13.6. The number of hydrogen-bond acceptors (Lipinski definition) is 7. The van der Waals surface area contributed by atoms with Gasteiger partial charge in [0.05, 0.1) is 24.4 Å². The van der Waals surface area contributed by atoms with Crippen LogP contribution in [0.3, 0.4) is 0 Å². The maximum atomic E-state index is 12.8. The van der Waals surface area contributed by atoms with Crippen LogP contribution in [0.25, 0.3) is 0 Å². The maximum absolute atomic E-state index is 12.8. The third kappa shape index (κ3) is 3.02. The van der Waals surface area contributed by atoms with Gasteiger partial charge in [0.2, 0.25) is 10.0 Å². The minimum atomic E-state index is -4.04. The number of fused-ring (bicyclic) bond motifs is 1. The van der Waals surface area contributed by atoms with Gasteiger partial charge in [-0.2, -0.15) is 4.31 Å². The van der Waals surface area contributed by atoms with E-state index in [-0.39, 0.29) is 21.4 Å². The van der Waals surface area contributed by atoms with E-state index in [9.17, 15) is 18.0 Å². The number of nitrogens with zero attached hydrogens (tertiary/aromatic N) is 3. The van der Waals surface area contributed by atoms with E-state index in [1.807, 2.05) is 0 Å². The van der Waals surface area contributed by atoms with E-state index >= 15 is 0 Å². The topological polar surface area (TPSA) is 119 Å². The molecule has 1 atom stereocenters. The van der Waals surface area contributed by atoms with Crippen molar-refractivity contribution in [3.8, 4) is 5.75 Å². The van der Waals surface area contributed by atoms with Crippen molar-refractivity contribution in [1.82, 2.24) is 14.3 Å². The molecule has 9 nitrogen and oxygen atoms in total. The van der Waals surface area contributed by atoms with Crippen molar-refractivity contribution < 1.29 is 22.7 Å². The van der Waals surface area contributed by atoms with Crippen molar-refractivity contribution >= 4 is 39.1 Å². The van der Waals surface area contributed by atoms with E-state index in [0.29, 0.717) is 5.75 Å². The van der Waals surface area contributed by atoms with Crippen molar-refractivity contribution in [2.75, 3.05) is 19.5 Å². The van der Waals surface area contributed by atoms with Crippen LogP contribution in [-0.4, -0.2) is 54.6 Å². The Bertz CT molecular complexity index is 1010. The number of carbonyl (C=O) groups excluding carboxylic acids is 2. The molecule has 0 saturated heterocycles. The number of halogens is 1. The highest BCUT2D eigenvalue weighted by molar-refractivity contribution is 7.89. The van der Waals surface area contributed by atoms with Gasteiger partial charge in [-0.15, -0.1) is 0 Å². The number of methoxy groups -OCH3 is 1. The van der Waals surface area contributed by atoms with Crippen LogP contribution in [0.15, 0.2) is 35.5 Å². The lowest BCUT2D eigenvalue weighted by molar-refractivity contribution is -0.118. The van der Waals surface area contributed by atoms with Crippen LogP contribution in [0.4, 0.5) is 5.82 Å². The van der Waals surface area contributed by atoms with Crippen molar-refractivity contribution in [2.24, 2.45) is 0 Å². The molecule has 2 heterocycles. The molecule has 0 fully saturated rings. The Morgan fingerprint density at radius 1 is 1.35 bits per heavy atom. The van der Waals surface area contributed by atoms with Crippen LogP contribution in [-0.2, 0) is 14.8 Å². The first kappa shape index (κ1) is 18.2. The summed E-state index contributed by atoms with van der Waals surface area (Å²) in [5.41, 5.74) is -0.111. The summed E-state index contributed by atoms with van der Waals surface area (Å²) in [5.74, 6) is -1.25. The van der Waals surface area contributed by atoms with Crippen LogP contribution in [0, 0.1) is 0 Å². The fourth-order valence-corrected chi connectivity index (χ4v) is 4.15. The van der Waals surface area contributed by atoms with Gasteiger partial charge in [-0.05, 0) is 18.2 Å². The molecule has 1 aromatic carbocycles. The smallest absolute Gasteiger partial charge is 0.252 e. The lowest BCUT2D eigenvalue weighted by Gasteiger charge is -2.31. The summed E-state index contributed by atoms with van der Waals surface area (Å²) < 4.78 is 31.1. The summed E-state index contributed by atoms with van der Waals surface area (Å²) in [6, 6.07) is 2.40. The van der Waals surface area contributed by atoms with Gasteiger partial charge in [-0.3, -0.25) is 14.6 Å². The second kappa shape index (κ2) is 6.63. The summed E-state index contributed by atoms with van der Waals surface area (Å²) in [4.78, 5) is 32.8. The van der Waals surface area contributed by atoms with Gasteiger partial charge < -0.3 is 10.1 Å². The van der Waals surface area contributed by atoms with Crippen molar-refractivity contribution in [3.63, 3.8) is 0 Å². The van der Waals surface area contributed by atoms with Gasteiger partial charge >= 0.3 is 0 Å². The number of anilines is 1. The Labute approximate surface area is 154 Å². The number of rotatable bonds is 3. The highest BCUT2D eigenvalue weighted by Crippen LogP contribution is 2.32. The average Bonchev–Trinajstić information content (AvgIpc) is 2.60. The predicted molar refractivity (Wildman–Crippen MR) is 91.7 cm³/mol. The second-order valence-electron chi connectivity index (χ2n) is 5.37. The van der Waals surface area contributed by atoms with E-state index in [0.717, 1.165) is 11.4 Å². The predicted octanol–water partition coefficient (Wildman–Crippen LogP) is 0.963. The van der Waals surface area contributed by atoms with Crippen LogP contribution < -0.4 is 10.1 Å². The first-order valence-electron chi connectivity index (χ1n) is 7.24. The molecule has 1 aliphatic rings. The standard InChI is InChI=1S/C15H13ClN4O5S/c1-20-13(15(22)19-12-7-17-6-11(16)18-12)14(21)9-5-8(25-2)3-4-10(9)26(20,23)24/h3-7,13H,1-2H3,(H,18,19,22). The molecule has 0 radical (unpaired) electrons. The molecule has 2 aromatic rings. The van der Waals surface area contributed by atoms with Crippen LogP contribution in [0.5, 0.6) is 5.75 Å². The van der Waals surface area contributed by atoms with Gasteiger partial charge in [0.25, 0.3) is 5.91 Å². The van der Waals surface area contributed by atoms with E-state index in [1.165, 1.54) is 37.7 Å². The number of carbonyl (C=O) groups is 2. The van der Waals surface area contributed by atoms with Crippen molar-refractivity contribution in [2.45, 2.75) is 10.9 Å². The number of sulfonamides is 1. The van der Waals surface area contributed by atoms with E-state index in [2.05, 4.69) is 15.3 Å². The fraction of sp³-hybridized carbons (Fsp3) is 0.200. The molecule has 11 heteroatoms. The maximum Gasteiger partial charge on any atom is 0.252 e. The third-order valence-corrected chi connectivity index (χ3v) is 5.89. The summed E-state index contributed by atoms with van der Waals surface area (Å²) >= 11 is 5.71. The molecule has 1 aliphatic heterocycles. The Hall–Kier alpha value is -2.56. The molecule has 0 aliphatic carbocycles. The Morgan fingerprint density at radius 3 is 2.73 bits per heavy atom. The molecule has 1 N–H and O–H groups in total. The van der Waals surface area contributed by atoms with Gasteiger partial charge in [0.1, 0.15) is 10.9 Å². The molecular formula is C15H13ClN4O5S. The molecule has 1 aromatic heterocycles. The first-order chi connectivity index (χ1) is 12.3. The zero-order valence-corrected chi connectivity index (χ0v) is 15.2. The molecule has 1 unspecified atom stereocenters. The molecule has 0 spiro atoms. The van der Waals surface area contributed by atoms with Crippen LogP contribution in [0.1, 0.15) is 10.4 Å². The molecule has 3 rings (SSSR count). The average molecular weight is 397 g/mol. The number of nitrogens with one attached hydrogen (secondary N) is 1. The summed E-state index contributed by atoms with van der Waals surface area (Å²) in [6.07, 6.45) is 2.49. The molecule has 0 saturated carbocycles. The van der Waals surface area contributed by atoms with Crippen molar-refractivity contribution in [3.05, 3.63) is 41.3 Å². The van der Waals surface area contributed by atoms with Gasteiger partial charge in [-0.25, -0.2) is 13.4 Å². The molecular weight excluding hydrogens is 384 g/mol. The monoisotopic (exact) mass is 396 g/mol. The number of hydrogen-bond donors (Lipinski definition) is 1. The Morgan fingerprint density at radius 2 is 2.08 bits per heavy atom. The molecule has 26 heavy (non-hydrogen) atoms. The number of ketones is 1. The number of benzene rings is 1. The minimum Gasteiger partial charge on any atom is -0.497 e.